The third-order valence-electron chi connectivity index (χ3n) is 3.72. The average molecular weight is 371 g/mol. The van der Waals surface area contributed by atoms with Crippen LogP contribution in [0, 0.1) is 6.92 Å². The fourth-order valence-electron chi connectivity index (χ4n) is 2.37. The molecule has 0 saturated carbocycles. The fourth-order valence-corrected chi connectivity index (χ4v) is 3.42. The average Bonchev–Trinajstić information content (AvgIpc) is 3.11. The summed E-state index contributed by atoms with van der Waals surface area (Å²) in [5.74, 6) is -0.0672. The van der Waals surface area contributed by atoms with Gasteiger partial charge in [-0.3, -0.25) is 4.72 Å². The summed E-state index contributed by atoms with van der Waals surface area (Å²) in [6.45, 7) is 1.89. The highest BCUT2D eigenvalue weighted by Gasteiger charge is 2.16. The molecular weight excluding hydrogens is 354 g/mol. The molecule has 2 aromatic carbocycles. The molecule has 1 heterocycles. The minimum atomic E-state index is -3.70. The first-order valence-electron chi connectivity index (χ1n) is 7.77. The van der Waals surface area contributed by atoms with Gasteiger partial charge in [0.25, 0.3) is 10.0 Å². The van der Waals surface area contributed by atoms with E-state index in [0.29, 0.717) is 17.0 Å². The van der Waals surface area contributed by atoms with Crippen LogP contribution in [0.3, 0.4) is 0 Å². The highest BCUT2D eigenvalue weighted by Crippen LogP contribution is 2.26. The summed E-state index contributed by atoms with van der Waals surface area (Å²) in [6.07, 6.45) is 0. The zero-order chi connectivity index (χ0) is 18.7. The monoisotopic (exact) mass is 371 g/mol. The van der Waals surface area contributed by atoms with Gasteiger partial charge >= 0.3 is 5.97 Å². The van der Waals surface area contributed by atoms with Crippen LogP contribution >= 0.6 is 0 Å². The van der Waals surface area contributed by atoms with Crippen molar-refractivity contribution in [3.05, 3.63) is 72.0 Å². The summed E-state index contributed by atoms with van der Waals surface area (Å²) in [5.41, 5.74) is 1.99. The number of aryl methyl sites for hydroxylation is 1. The summed E-state index contributed by atoms with van der Waals surface area (Å²) >= 11 is 0. The number of carbonyl (C=O) groups is 1. The molecule has 0 radical (unpaired) electrons. The quantitative estimate of drug-likeness (QED) is 0.689. The molecule has 1 aromatic heterocycles. The van der Waals surface area contributed by atoms with Crippen LogP contribution in [-0.2, 0) is 14.8 Å². The number of methoxy groups -OCH3 is 1. The molecule has 0 aliphatic carbocycles. The lowest BCUT2D eigenvalue weighted by molar-refractivity contribution is 0.0566. The second-order valence-electron chi connectivity index (χ2n) is 5.65. The summed E-state index contributed by atoms with van der Waals surface area (Å²) in [6, 6.07) is 16.4. The second kappa shape index (κ2) is 7.05. The Morgan fingerprint density at radius 2 is 1.77 bits per heavy atom. The lowest BCUT2D eigenvalue weighted by Crippen LogP contribution is -2.12. The molecule has 0 aliphatic rings. The number of ether oxygens (including phenoxy) is 1. The molecule has 0 unspecified atom stereocenters. The number of hydrogen-bond donors (Lipinski definition) is 1. The third kappa shape index (κ3) is 3.78. The highest BCUT2D eigenvalue weighted by atomic mass is 32.2. The second-order valence-corrected chi connectivity index (χ2v) is 7.34. The minimum absolute atomic E-state index is 0.0770. The third-order valence-corrected chi connectivity index (χ3v) is 5.12. The Bertz CT molecular complexity index is 1040. The molecule has 26 heavy (non-hydrogen) atoms. The number of furan rings is 1. The first-order chi connectivity index (χ1) is 12.4. The van der Waals surface area contributed by atoms with Crippen molar-refractivity contribution < 1.29 is 22.4 Å². The summed E-state index contributed by atoms with van der Waals surface area (Å²) < 4.78 is 37.6. The Balaban J connectivity index is 1.86. The molecule has 7 heteroatoms. The van der Waals surface area contributed by atoms with Crippen molar-refractivity contribution in [3.8, 4) is 11.3 Å². The zero-order valence-electron chi connectivity index (χ0n) is 14.2. The number of esters is 1. The van der Waals surface area contributed by atoms with Crippen LogP contribution in [0.5, 0.6) is 0 Å². The topological polar surface area (TPSA) is 85.6 Å². The number of benzene rings is 2. The number of hydrogen-bond acceptors (Lipinski definition) is 5. The Morgan fingerprint density at radius 3 is 2.46 bits per heavy atom. The molecule has 0 atom stereocenters. The molecule has 0 fully saturated rings. The molecule has 3 aromatic rings. The molecule has 0 saturated heterocycles. The predicted octanol–water partition coefficient (Wildman–Crippen LogP) is 3.84. The van der Waals surface area contributed by atoms with Crippen LogP contribution in [0.15, 0.2) is 70.0 Å². The van der Waals surface area contributed by atoms with Gasteiger partial charge in [0.05, 0.1) is 12.0 Å². The first kappa shape index (κ1) is 17.8. The lowest BCUT2D eigenvalue weighted by Gasteiger charge is -2.09. The van der Waals surface area contributed by atoms with E-state index < -0.39 is 16.0 Å². The van der Waals surface area contributed by atoms with Crippen molar-refractivity contribution in [1.29, 1.82) is 0 Å². The van der Waals surface area contributed by atoms with Crippen LogP contribution in [0.25, 0.3) is 11.3 Å². The summed E-state index contributed by atoms with van der Waals surface area (Å²) in [7, 11) is -2.43. The van der Waals surface area contributed by atoms with E-state index in [0.717, 1.165) is 5.56 Å². The van der Waals surface area contributed by atoms with Gasteiger partial charge in [0, 0.05) is 11.3 Å². The van der Waals surface area contributed by atoms with E-state index in [-0.39, 0.29) is 10.7 Å². The molecular formula is C19H17NO5S. The standard InChI is InChI=1S/C19H17NO5S/c1-13-6-8-16(9-7-13)26(22,23)20-15-5-3-4-14(12-15)17-10-11-18(25-17)19(21)24-2/h3-12,20H,1-2H3. The van der Waals surface area contributed by atoms with Gasteiger partial charge in [-0.1, -0.05) is 29.8 Å². The van der Waals surface area contributed by atoms with Gasteiger partial charge in [-0.25, -0.2) is 13.2 Å². The molecule has 0 spiro atoms. The normalized spacial score (nSPS) is 11.2. The predicted molar refractivity (Wildman–Crippen MR) is 97.5 cm³/mol. The van der Waals surface area contributed by atoms with Crippen LogP contribution in [0.4, 0.5) is 5.69 Å². The Morgan fingerprint density at radius 1 is 1.04 bits per heavy atom. The molecule has 6 nitrogen and oxygen atoms in total. The van der Waals surface area contributed by atoms with E-state index >= 15 is 0 Å². The Labute approximate surface area is 151 Å². The van der Waals surface area contributed by atoms with Crippen molar-refractivity contribution >= 4 is 21.7 Å². The zero-order valence-corrected chi connectivity index (χ0v) is 15.0. The van der Waals surface area contributed by atoms with E-state index in [9.17, 15) is 13.2 Å². The summed E-state index contributed by atoms with van der Waals surface area (Å²) in [4.78, 5) is 11.7. The van der Waals surface area contributed by atoms with E-state index in [1.807, 2.05) is 6.92 Å². The van der Waals surface area contributed by atoms with Crippen LogP contribution in [0.1, 0.15) is 16.1 Å². The maximum Gasteiger partial charge on any atom is 0.373 e. The van der Waals surface area contributed by atoms with E-state index in [1.165, 1.54) is 13.2 Å². The largest absolute Gasteiger partial charge is 0.463 e. The maximum atomic E-state index is 12.5. The Kier molecular flexibility index (Phi) is 4.81. The molecule has 0 bridgehead atoms. The van der Waals surface area contributed by atoms with E-state index in [4.69, 9.17) is 4.42 Å². The molecule has 1 N–H and O–H groups in total. The number of sulfonamides is 1. The van der Waals surface area contributed by atoms with Crippen molar-refractivity contribution in [2.75, 3.05) is 11.8 Å². The van der Waals surface area contributed by atoms with Gasteiger partial charge in [0.15, 0.2) is 0 Å². The van der Waals surface area contributed by atoms with Crippen molar-refractivity contribution in [2.45, 2.75) is 11.8 Å². The molecule has 3 rings (SSSR count). The SMILES string of the molecule is COC(=O)c1ccc(-c2cccc(NS(=O)(=O)c3ccc(C)cc3)c2)o1. The van der Waals surface area contributed by atoms with Gasteiger partial charge in [-0.2, -0.15) is 0 Å². The summed E-state index contributed by atoms with van der Waals surface area (Å²) in [5, 5.41) is 0. The van der Waals surface area contributed by atoms with Gasteiger partial charge in [0.1, 0.15) is 5.76 Å². The number of anilines is 1. The lowest BCUT2D eigenvalue weighted by atomic mass is 10.1. The molecule has 0 amide bonds. The minimum Gasteiger partial charge on any atom is -0.463 e. The Hall–Kier alpha value is -3.06. The number of rotatable bonds is 5. The van der Waals surface area contributed by atoms with Gasteiger partial charge in [-0.05, 0) is 43.3 Å². The van der Waals surface area contributed by atoms with Crippen LogP contribution in [0.2, 0.25) is 0 Å². The van der Waals surface area contributed by atoms with Crippen molar-refractivity contribution in [1.82, 2.24) is 0 Å². The first-order valence-corrected chi connectivity index (χ1v) is 9.25. The van der Waals surface area contributed by atoms with E-state index in [2.05, 4.69) is 9.46 Å². The molecule has 134 valence electrons. The van der Waals surface area contributed by atoms with Gasteiger partial charge in [-0.15, -0.1) is 0 Å². The smallest absolute Gasteiger partial charge is 0.373 e. The van der Waals surface area contributed by atoms with Gasteiger partial charge in [0.2, 0.25) is 5.76 Å². The van der Waals surface area contributed by atoms with Gasteiger partial charge < -0.3 is 9.15 Å². The fraction of sp³-hybridized carbons (Fsp3) is 0.105. The highest BCUT2D eigenvalue weighted by molar-refractivity contribution is 7.92. The maximum absolute atomic E-state index is 12.5. The van der Waals surface area contributed by atoms with Crippen molar-refractivity contribution in [2.24, 2.45) is 0 Å². The van der Waals surface area contributed by atoms with Crippen LogP contribution in [-0.4, -0.2) is 21.5 Å². The van der Waals surface area contributed by atoms with Crippen molar-refractivity contribution in [3.63, 3.8) is 0 Å². The molecule has 0 aliphatic heterocycles. The number of carbonyl (C=O) groups excluding carboxylic acids is 1. The van der Waals surface area contributed by atoms with Crippen LogP contribution < -0.4 is 4.72 Å². The van der Waals surface area contributed by atoms with E-state index in [1.54, 1.807) is 54.6 Å². The number of nitrogens with one attached hydrogen (secondary N) is 1.